The Morgan fingerprint density at radius 2 is 2.03 bits per heavy atom. The lowest BCUT2D eigenvalue weighted by Gasteiger charge is -2.34. The first-order valence-corrected chi connectivity index (χ1v) is 11.4. The summed E-state index contributed by atoms with van der Waals surface area (Å²) in [5.74, 6) is 2.96. The lowest BCUT2D eigenvalue weighted by molar-refractivity contribution is -0.0283. The predicted octanol–water partition coefficient (Wildman–Crippen LogP) is 2.52. The molecule has 0 amide bonds. The van der Waals surface area contributed by atoms with Crippen molar-refractivity contribution in [1.82, 2.24) is 25.0 Å². The smallest absolute Gasteiger partial charge is 0.196 e. The molecule has 9 nitrogen and oxygen atoms in total. The normalized spacial score (nSPS) is 17.7. The van der Waals surface area contributed by atoms with Gasteiger partial charge in [-0.1, -0.05) is 13.8 Å². The van der Waals surface area contributed by atoms with Crippen LogP contribution in [0.5, 0.6) is 5.75 Å². The second-order valence-corrected chi connectivity index (χ2v) is 8.87. The van der Waals surface area contributed by atoms with Gasteiger partial charge in [-0.2, -0.15) is 0 Å². The molecule has 2 aromatic rings. The number of hydrogen-bond acceptors (Lipinski definition) is 6. The average Bonchev–Trinajstić information content (AvgIpc) is 3.15. The van der Waals surface area contributed by atoms with E-state index in [1.807, 2.05) is 49.7 Å². The number of aliphatic imine (C=N–C) groups is 1. The number of aryl methyl sites for hydroxylation is 1. The van der Waals surface area contributed by atoms with Gasteiger partial charge in [-0.15, -0.1) is 10.2 Å². The van der Waals surface area contributed by atoms with Gasteiger partial charge < -0.3 is 24.7 Å². The van der Waals surface area contributed by atoms with Crippen molar-refractivity contribution in [3.8, 4) is 5.75 Å². The topological polar surface area (TPSA) is 88.8 Å². The van der Waals surface area contributed by atoms with Crippen LogP contribution in [-0.4, -0.2) is 70.6 Å². The third-order valence-electron chi connectivity index (χ3n) is 5.02. The highest BCUT2D eigenvalue weighted by molar-refractivity contribution is 5.93. The lowest BCUT2D eigenvalue weighted by atomic mass is 10.2. The lowest BCUT2D eigenvalue weighted by Crippen LogP contribution is -2.49. The zero-order valence-corrected chi connectivity index (χ0v) is 19.9. The van der Waals surface area contributed by atoms with Gasteiger partial charge in [0, 0.05) is 38.9 Å². The van der Waals surface area contributed by atoms with Crippen LogP contribution in [0.1, 0.15) is 33.5 Å². The number of benzene rings is 1. The summed E-state index contributed by atoms with van der Waals surface area (Å²) in [6.45, 7) is 13.4. The molecule has 2 N–H and O–H groups in total. The number of ether oxygens (including phenoxy) is 2. The Morgan fingerprint density at radius 3 is 2.69 bits per heavy atom. The molecule has 2 heterocycles. The van der Waals surface area contributed by atoms with Gasteiger partial charge in [0.1, 0.15) is 18.6 Å². The Labute approximate surface area is 191 Å². The third-order valence-corrected chi connectivity index (χ3v) is 5.02. The van der Waals surface area contributed by atoms with Crippen molar-refractivity contribution in [2.45, 2.75) is 46.4 Å². The van der Waals surface area contributed by atoms with Crippen LogP contribution in [0.15, 0.2) is 35.6 Å². The van der Waals surface area contributed by atoms with E-state index in [0.29, 0.717) is 25.0 Å². The van der Waals surface area contributed by atoms with Crippen molar-refractivity contribution in [1.29, 1.82) is 0 Å². The molecule has 1 aliphatic rings. The van der Waals surface area contributed by atoms with E-state index in [4.69, 9.17) is 14.5 Å². The number of rotatable bonds is 9. The summed E-state index contributed by atoms with van der Waals surface area (Å²) in [6.07, 6.45) is 1.94. The van der Waals surface area contributed by atoms with Gasteiger partial charge >= 0.3 is 0 Å². The van der Waals surface area contributed by atoms with Crippen LogP contribution in [-0.2, 0) is 18.3 Å². The van der Waals surface area contributed by atoms with Crippen molar-refractivity contribution >= 4 is 11.6 Å². The first-order valence-electron chi connectivity index (χ1n) is 11.4. The Hall–Kier alpha value is -2.65. The van der Waals surface area contributed by atoms with Gasteiger partial charge in [-0.05, 0) is 44.0 Å². The van der Waals surface area contributed by atoms with Crippen molar-refractivity contribution in [2.75, 3.05) is 38.1 Å². The van der Waals surface area contributed by atoms with E-state index in [1.54, 1.807) is 6.33 Å². The van der Waals surface area contributed by atoms with Crippen LogP contribution in [0, 0.1) is 5.92 Å². The van der Waals surface area contributed by atoms with E-state index >= 15 is 0 Å². The number of nitrogens with zero attached hydrogens (tertiary/aromatic N) is 5. The minimum atomic E-state index is 0.117. The van der Waals surface area contributed by atoms with Crippen molar-refractivity contribution in [3.05, 3.63) is 36.4 Å². The van der Waals surface area contributed by atoms with Crippen molar-refractivity contribution in [2.24, 2.45) is 18.0 Å². The fourth-order valence-electron chi connectivity index (χ4n) is 3.56. The molecule has 1 aromatic carbocycles. The van der Waals surface area contributed by atoms with Crippen LogP contribution >= 0.6 is 0 Å². The highest BCUT2D eigenvalue weighted by atomic mass is 16.5. The molecule has 1 aromatic heterocycles. The van der Waals surface area contributed by atoms with Crippen LogP contribution in [0.3, 0.4) is 0 Å². The van der Waals surface area contributed by atoms with E-state index in [1.165, 1.54) is 0 Å². The summed E-state index contributed by atoms with van der Waals surface area (Å²) in [4.78, 5) is 7.19. The monoisotopic (exact) mass is 443 g/mol. The highest BCUT2D eigenvalue weighted by Crippen LogP contribution is 2.17. The predicted molar refractivity (Wildman–Crippen MR) is 127 cm³/mol. The maximum absolute atomic E-state index is 5.98. The zero-order chi connectivity index (χ0) is 22.9. The Balaban J connectivity index is 1.63. The molecule has 0 spiro atoms. The van der Waals surface area contributed by atoms with Gasteiger partial charge in [-0.25, -0.2) is 4.99 Å². The molecule has 1 aliphatic heterocycles. The first kappa shape index (κ1) is 24.0. The number of aromatic nitrogens is 3. The minimum absolute atomic E-state index is 0.117. The number of guanidine groups is 1. The molecule has 3 rings (SSSR count). The van der Waals surface area contributed by atoms with E-state index in [9.17, 15) is 0 Å². The van der Waals surface area contributed by atoms with E-state index in [2.05, 4.69) is 39.6 Å². The van der Waals surface area contributed by atoms with E-state index in [0.717, 1.165) is 43.5 Å². The van der Waals surface area contributed by atoms with Gasteiger partial charge in [0.25, 0.3) is 0 Å². The standard InChI is InChI=1S/C23H37N7O2/c1-17(2)14-30-10-11-31-21(15-30)12-24-23(25-13-22-28-26-16-29(22)5)27-19-6-8-20(9-7-19)32-18(3)4/h6-9,16-18,21H,10-15H2,1-5H3,(H2,24,25,27). The molecule has 32 heavy (non-hydrogen) atoms. The van der Waals surface area contributed by atoms with Crippen LogP contribution in [0.2, 0.25) is 0 Å². The minimum Gasteiger partial charge on any atom is -0.491 e. The van der Waals surface area contributed by atoms with Gasteiger partial charge in [-0.3, -0.25) is 4.90 Å². The number of hydrogen-bond donors (Lipinski definition) is 2. The van der Waals surface area contributed by atoms with Crippen LogP contribution in [0.25, 0.3) is 0 Å². The number of anilines is 1. The maximum atomic E-state index is 5.98. The number of nitrogens with one attached hydrogen (secondary N) is 2. The largest absolute Gasteiger partial charge is 0.491 e. The van der Waals surface area contributed by atoms with Gasteiger partial charge in [0.2, 0.25) is 0 Å². The SMILES string of the molecule is CC(C)CN1CCOC(CNC(=NCc2nncn2C)Nc2ccc(OC(C)C)cc2)C1. The molecule has 0 saturated carbocycles. The second kappa shape index (κ2) is 11.8. The molecule has 1 fully saturated rings. The zero-order valence-electron chi connectivity index (χ0n) is 19.9. The Morgan fingerprint density at radius 1 is 1.25 bits per heavy atom. The highest BCUT2D eigenvalue weighted by Gasteiger charge is 2.21. The summed E-state index contributed by atoms with van der Waals surface area (Å²) in [5.41, 5.74) is 0.927. The molecular formula is C23H37N7O2. The summed E-state index contributed by atoms with van der Waals surface area (Å²) >= 11 is 0. The molecule has 0 aliphatic carbocycles. The van der Waals surface area contributed by atoms with Crippen molar-refractivity contribution < 1.29 is 9.47 Å². The average molecular weight is 444 g/mol. The van der Waals surface area contributed by atoms with E-state index < -0.39 is 0 Å². The molecule has 0 bridgehead atoms. The summed E-state index contributed by atoms with van der Waals surface area (Å²) in [5, 5.41) is 14.9. The second-order valence-electron chi connectivity index (χ2n) is 8.87. The molecule has 9 heteroatoms. The fraction of sp³-hybridized carbons (Fsp3) is 0.609. The first-order chi connectivity index (χ1) is 15.4. The molecule has 1 atom stereocenters. The Bertz CT molecular complexity index is 848. The molecule has 0 radical (unpaired) electrons. The number of morpholine rings is 1. The molecule has 1 unspecified atom stereocenters. The van der Waals surface area contributed by atoms with Gasteiger partial charge in [0.15, 0.2) is 11.8 Å². The van der Waals surface area contributed by atoms with E-state index in [-0.39, 0.29) is 12.2 Å². The maximum Gasteiger partial charge on any atom is 0.196 e. The molecular weight excluding hydrogens is 406 g/mol. The fourth-order valence-corrected chi connectivity index (χ4v) is 3.56. The molecule has 176 valence electrons. The quantitative estimate of drug-likeness (QED) is 0.455. The summed E-state index contributed by atoms with van der Waals surface area (Å²) in [7, 11) is 1.91. The van der Waals surface area contributed by atoms with Gasteiger partial charge in [0.05, 0.1) is 18.8 Å². The molecule has 1 saturated heterocycles. The van der Waals surface area contributed by atoms with Crippen LogP contribution in [0.4, 0.5) is 5.69 Å². The Kier molecular flexibility index (Phi) is 8.87. The van der Waals surface area contributed by atoms with Crippen molar-refractivity contribution in [3.63, 3.8) is 0 Å². The summed E-state index contributed by atoms with van der Waals surface area (Å²) in [6, 6.07) is 7.88. The van der Waals surface area contributed by atoms with Crippen LogP contribution < -0.4 is 15.4 Å². The summed E-state index contributed by atoms with van der Waals surface area (Å²) < 4.78 is 13.6. The third kappa shape index (κ3) is 7.80.